The van der Waals surface area contributed by atoms with E-state index in [2.05, 4.69) is 16.1 Å². The van der Waals surface area contributed by atoms with Gasteiger partial charge in [-0.3, -0.25) is 4.79 Å². The third-order valence-corrected chi connectivity index (χ3v) is 7.11. The van der Waals surface area contributed by atoms with E-state index >= 15 is 0 Å². The van der Waals surface area contributed by atoms with Crippen LogP contribution in [0.4, 0.5) is 20.6 Å². The van der Waals surface area contributed by atoms with E-state index in [1.807, 2.05) is 0 Å². The topological polar surface area (TPSA) is 125 Å². The second-order valence-corrected chi connectivity index (χ2v) is 10.8. The number of hydrazine groups is 1. The average molecular weight is 545 g/mol. The lowest BCUT2D eigenvalue weighted by Gasteiger charge is -2.24. The van der Waals surface area contributed by atoms with Gasteiger partial charge in [0, 0.05) is 29.0 Å². The van der Waals surface area contributed by atoms with E-state index in [4.69, 9.17) is 11.6 Å². The molecule has 192 valence electrons. The Morgan fingerprint density at radius 3 is 2.43 bits per heavy atom. The minimum atomic E-state index is -3.56. The average Bonchev–Trinajstić information content (AvgIpc) is 3.31. The van der Waals surface area contributed by atoms with Crippen molar-refractivity contribution >= 4 is 51.0 Å². The smallest absolute Gasteiger partial charge is 0.322 e. The molecule has 0 aromatic heterocycles. The predicted molar refractivity (Wildman–Crippen MR) is 137 cm³/mol. The van der Waals surface area contributed by atoms with Crippen molar-refractivity contribution in [3.63, 3.8) is 0 Å². The van der Waals surface area contributed by atoms with Crippen LogP contribution in [0.15, 0.2) is 71.6 Å². The fourth-order valence-electron chi connectivity index (χ4n) is 3.92. The number of sulfone groups is 1. The lowest BCUT2D eigenvalue weighted by molar-refractivity contribution is -0.120. The Morgan fingerprint density at radius 2 is 1.78 bits per heavy atom. The van der Waals surface area contributed by atoms with Crippen LogP contribution in [-0.4, -0.2) is 50.0 Å². The molecule has 1 aliphatic rings. The molecule has 3 aromatic carbocycles. The number of carbonyl (C=O) groups is 3. The molecule has 37 heavy (non-hydrogen) atoms. The second-order valence-electron chi connectivity index (χ2n) is 8.38. The van der Waals surface area contributed by atoms with Crippen molar-refractivity contribution in [3.05, 3.63) is 77.6 Å². The van der Waals surface area contributed by atoms with Crippen LogP contribution in [0.1, 0.15) is 6.42 Å². The van der Waals surface area contributed by atoms with Crippen molar-refractivity contribution in [1.29, 1.82) is 0 Å². The summed E-state index contributed by atoms with van der Waals surface area (Å²) >= 11 is 5.86. The number of aldehydes is 1. The molecular formula is C25H22ClFN4O5S. The Labute approximate surface area is 217 Å². The SMILES string of the molecule is CS(=O)(=O)c1ccccc1-c1ccc(NC(=O)C2CC(C=O)NN2C(=O)Nc2ccc(Cl)cc2)c(F)c1. The van der Waals surface area contributed by atoms with E-state index in [0.717, 1.165) is 17.3 Å². The molecule has 0 radical (unpaired) electrons. The number of nitrogens with one attached hydrogen (secondary N) is 3. The molecule has 3 N–H and O–H groups in total. The lowest BCUT2D eigenvalue weighted by Crippen LogP contribution is -2.50. The van der Waals surface area contributed by atoms with Gasteiger partial charge in [0.2, 0.25) is 5.91 Å². The van der Waals surface area contributed by atoms with Crippen molar-refractivity contribution in [2.75, 3.05) is 16.9 Å². The summed E-state index contributed by atoms with van der Waals surface area (Å²) in [5.41, 5.74) is 3.55. The number of urea groups is 1. The highest BCUT2D eigenvalue weighted by Crippen LogP contribution is 2.30. The number of anilines is 2. The molecule has 1 aliphatic heterocycles. The molecule has 2 atom stereocenters. The molecule has 1 fully saturated rings. The number of hydrogen-bond donors (Lipinski definition) is 3. The minimum absolute atomic E-state index is 0.0230. The zero-order chi connectivity index (χ0) is 26.7. The van der Waals surface area contributed by atoms with Crippen LogP contribution in [0.3, 0.4) is 0 Å². The van der Waals surface area contributed by atoms with E-state index < -0.39 is 39.7 Å². The highest BCUT2D eigenvalue weighted by atomic mass is 35.5. The van der Waals surface area contributed by atoms with E-state index in [9.17, 15) is 27.2 Å². The van der Waals surface area contributed by atoms with Gasteiger partial charge >= 0.3 is 6.03 Å². The molecular weight excluding hydrogens is 523 g/mol. The van der Waals surface area contributed by atoms with Crippen LogP contribution < -0.4 is 16.1 Å². The zero-order valence-electron chi connectivity index (χ0n) is 19.4. The Bertz CT molecular complexity index is 1470. The summed E-state index contributed by atoms with van der Waals surface area (Å²) in [6, 6.07) is 13.8. The van der Waals surface area contributed by atoms with Gasteiger partial charge in [-0.05, 0) is 48.0 Å². The van der Waals surface area contributed by atoms with Gasteiger partial charge < -0.3 is 15.4 Å². The fourth-order valence-corrected chi connectivity index (χ4v) is 4.96. The number of rotatable bonds is 6. The molecule has 0 bridgehead atoms. The maximum atomic E-state index is 15.0. The summed E-state index contributed by atoms with van der Waals surface area (Å²) in [7, 11) is -3.56. The lowest BCUT2D eigenvalue weighted by atomic mass is 10.0. The zero-order valence-corrected chi connectivity index (χ0v) is 21.0. The number of nitrogens with zero attached hydrogens (tertiary/aromatic N) is 1. The Balaban J connectivity index is 1.53. The Hall–Kier alpha value is -3.80. The van der Waals surface area contributed by atoms with Crippen molar-refractivity contribution in [1.82, 2.24) is 10.4 Å². The number of amides is 3. The van der Waals surface area contributed by atoms with Crippen molar-refractivity contribution in [2.45, 2.75) is 23.4 Å². The van der Waals surface area contributed by atoms with Gasteiger partial charge in [-0.1, -0.05) is 35.9 Å². The van der Waals surface area contributed by atoms with Gasteiger partial charge in [0.1, 0.15) is 18.1 Å². The van der Waals surface area contributed by atoms with E-state index in [-0.39, 0.29) is 17.0 Å². The first-order chi connectivity index (χ1) is 17.6. The highest BCUT2D eigenvalue weighted by Gasteiger charge is 2.40. The highest BCUT2D eigenvalue weighted by molar-refractivity contribution is 7.90. The Kier molecular flexibility index (Phi) is 7.58. The van der Waals surface area contributed by atoms with Gasteiger partial charge in [0.15, 0.2) is 9.84 Å². The van der Waals surface area contributed by atoms with Crippen molar-refractivity contribution in [3.8, 4) is 11.1 Å². The molecule has 9 nitrogen and oxygen atoms in total. The van der Waals surface area contributed by atoms with Gasteiger partial charge in [-0.25, -0.2) is 28.0 Å². The van der Waals surface area contributed by atoms with E-state index in [0.29, 0.717) is 28.1 Å². The third kappa shape index (κ3) is 5.96. The first kappa shape index (κ1) is 26.3. The third-order valence-electron chi connectivity index (χ3n) is 5.70. The van der Waals surface area contributed by atoms with E-state index in [1.165, 1.54) is 18.2 Å². The molecule has 0 saturated carbocycles. The minimum Gasteiger partial charge on any atom is -0.322 e. The van der Waals surface area contributed by atoms with Crippen LogP contribution in [0, 0.1) is 5.82 Å². The van der Waals surface area contributed by atoms with Crippen molar-refractivity contribution < 1.29 is 27.2 Å². The summed E-state index contributed by atoms with van der Waals surface area (Å²) in [4.78, 5) is 37.2. The fraction of sp³-hybridized carbons (Fsp3) is 0.160. The quantitative estimate of drug-likeness (QED) is 0.405. The van der Waals surface area contributed by atoms with Gasteiger partial charge in [-0.2, -0.15) is 0 Å². The number of halogens is 2. The van der Waals surface area contributed by atoms with Crippen LogP contribution >= 0.6 is 11.6 Å². The molecule has 4 rings (SSSR count). The molecule has 12 heteroatoms. The van der Waals surface area contributed by atoms with Gasteiger partial charge in [0.05, 0.1) is 16.6 Å². The summed E-state index contributed by atoms with van der Waals surface area (Å²) < 4.78 is 39.2. The molecule has 0 spiro atoms. The van der Waals surface area contributed by atoms with Crippen molar-refractivity contribution in [2.24, 2.45) is 0 Å². The first-order valence-electron chi connectivity index (χ1n) is 11.0. The summed E-state index contributed by atoms with van der Waals surface area (Å²) in [5, 5.41) is 6.51. The van der Waals surface area contributed by atoms with E-state index in [1.54, 1.807) is 42.5 Å². The molecule has 3 amide bonds. The van der Waals surface area contributed by atoms with Crippen LogP contribution in [0.2, 0.25) is 5.02 Å². The number of benzene rings is 3. The molecule has 1 heterocycles. The number of hydrogen-bond acceptors (Lipinski definition) is 6. The summed E-state index contributed by atoms with van der Waals surface area (Å²) in [5.74, 6) is -1.52. The van der Waals surface area contributed by atoms with Crippen LogP contribution in [0.5, 0.6) is 0 Å². The molecule has 2 unspecified atom stereocenters. The molecule has 0 aliphatic carbocycles. The maximum absolute atomic E-state index is 15.0. The Morgan fingerprint density at radius 1 is 1.08 bits per heavy atom. The maximum Gasteiger partial charge on any atom is 0.336 e. The normalized spacial score (nSPS) is 17.3. The summed E-state index contributed by atoms with van der Waals surface area (Å²) in [6.45, 7) is 0. The predicted octanol–water partition coefficient (Wildman–Crippen LogP) is 3.87. The largest absolute Gasteiger partial charge is 0.336 e. The number of carbonyl (C=O) groups excluding carboxylic acids is 3. The summed E-state index contributed by atoms with van der Waals surface area (Å²) in [6.07, 6.45) is 1.61. The van der Waals surface area contributed by atoms with Gasteiger partial charge in [-0.15, -0.1) is 0 Å². The molecule has 1 saturated heterocycles. The first-order valence-corrected chi connectivity index (χ1v) is 13.3. The van der Waals surface area contributed by atoms with Crippen LogP contribution in [0.25, 0.3) is 11.1 Å². The van der Waals surface area contributed by atoms with Crippen LogP contribution in [-0.2, 0) is 19.4 Å². The van der Waals surface area contributed by atoms with Gasteiger partial charge in [0.25, 0.3) is 0 Å². The standard InChI is InChI=1S/C25H22ClFN4O5S/c1-37(35,36)23-5-3-2-4-19(23)15-6-11-21(20(27)12-15)29-24(33)22-13-18(14-32)30-31(22)25(34)28-17-9-7-16(26)8-10-17/h2-12,14,18,22,30H,13H2,1H3,(H,28,34)(H,29,33). The molecule has 3 aromatic rings. The monoisotopic (exact) mass is 544 g/mol. The second kappa shape index (κ2) is 10.7.